The first-order chi connectivity index (χ1) is 30.1. The Bertz CT molecular complexity index is 3030. The summed E-state index contributed by atoms with van der Waals surface area (Å²) in [4.78, 5) is 0. The number of hydrogen-bond acceptors (Lipinski definition) is 0. The summed E-state index contributed by atoms with van der Waals surface area (Å²) in [7, 11) is -6.32. The van der Waals surface area contributed by atoms with E-state index < -0.39 is 219 Å². The molecule has 0 fully saturated rings. The summed E-state index contributed by atoms with van der Waals surface area (Å²) in [6.07, 6.45) is 0. The highest BCUT2D eigenvalue weighted by Gasteiger charge is 2.41. The molecule has 0 spiro atoms. The Hall–Kier alpha value is -4.66. The molecule has 0 N–H and O–H groups in total. The van der Waals surface area contributed by atoms with Crippen molar-refractivity contribution < 1.29 is 37.0 Å². The van der Waals surface area contributed by atoms with Crippen molar-refractivity contribution in [2.75, 3.05) is 0 Å². The molecule has 7 aromatic rings. The second-order valence-electron chi connectivity index (χ2n) is 7.76. The zero-order valence-electron chi connectivity index (χ0n) is 45.9. The van der Waals surface area contributed by atoms with Crippen LogP contribution in [0.5, 0.6) is 0 Å². The second kappa shape index (κ2) is 9.33. The number of benzene rings is 6. The van der Waals surface area contributed by atoms with Crippen molar-refractivity contribution in [2.45, 2.75) is 0 Å². The van der Waals surface area contributed by atoms with Gasteiger partial charge in [0.2, 0.25) is 0 Å². The van der Waals surface area contributed by atoms with Gasteiger partial charge >= 0.3 is 0 Å². The van der Waals surface area contributed by atoms with Crippen LogP contribution in [0.3, 0.4) is 0 Å². The molecule has 38 heavy (non-hydrogen) atoms. The van der Waals surface area contributed by atoms with Crippen LogP contribution < -0.4 is 20.7 Å². The van der Waals surface area contributed by atoms with Gasteiger partial charge < -0.3 is 4.57 Å². The summed E-state index contributed by atoms with van der Waals surface area (Å²) >= 11 is 0. The maximum absolute atomic E-state index is 10.1. The first-order valence-corrected chi connectivity index (χ1v) is 12.9. The lowest BCUT2D eigenvalue weighted by Crippen LogP contribution is -2.74. The van der Waals surface area contributed by atoms with Crippen LogP contribution >= 0.6 is 0 Å². The molecule has 2 heteroatoms. The molecule has 0 aliphatic heterocycles. The molecule has 1 heterocycles. The van der Waals surface area contributed by atoms with Gasteiger partial charge in [0.1, 0.15) is 0 Å². The van der Waals surface area contributed by atoms with Crippen molar-refractivity contribution in [3.63, 3.8) is 0 Å². The van der Waals surface area contributed by atoms with Gasteiger partial charge in [0, 0.05) is 16.5 Å². The molecule has 0 atom stereocenters. The van der Waals surface area contributed by atoms with E-state index in [2.05, 4.69) is 0 Å². The van der Waals surface area contributed by atoms with E-state index in [0.717, 1.165) is 0 Å². The van der Waals surface area contributed by atoms with Gasteiger partial charge in [0.15, 0.2) is 8.07 Å². The van der Waals surface area contributed by atoms with Crippen LogP contribution in [0.2, 0.25) is 0 Å². The summed E-state index contributed by atoms with van der Waals surface area (Å²) in [5, 5.41) is -5.72. The van der Waals surface area contributed by atoms with E-state index in [4.69, 9.17) is 23.3 Å². The normalized spacial score (nSPS) is 21.6. The van der Waals surface area contributed by atoms with Crippen molar-refractivity contribution in [3.8, 4) is 5.69 Å². The van der Waals surface area contributed by atoms with E-state index in [1.54, 1.807) is 0 Å². The Kier molecular flexibility index (Phi) is 1.95. The number of fused-ring (bicyclic) bond motifs is 3. The van der Waals surface area contributed by atoms with Gasteiger partial charge in [-0.15, -0.1) is 0 Å². The van der Waals surface area contributed by atoms with Crippen LogP contribution in [0.25, 0.3) is 27.5 Å². The quantitative estimate of drug-likeness (QED) is 0.186. The monoisotopic (exact) mass is 528 g/mol. The summed E-state index contributed by atoms with van der Waals surface area (Å²) in [5.41, 5.74) is -2.49. The molecule has 1 aromatic heterocycles. The van der Waals surface area contributed by atoms with Crippen molar-refractivity contribution in [1.29, 1.82) is 0 Å². The van der Waals surface area contributed by atoms with E-state index in [1.165, 1.54) is 0 Å². The summed E-state index contributed by atoms with van der Waals surface area (Å²) in [6.45, 7) is 0. The lowest BCUT2D eigenvalue weighted by Gasteiger charge is -2.34. The van der Waals surface area contributed by atoms with Gasteiger partial charge in [-0.3, -0.25) is 0 Å². The van der Waals surface area contributed by atoms with Crippen molar-refractivity contribution in [3.05, 3.63) is 163 Å². The highest BCUT2D eigenvalue weighted by Crippen LogP contribution is 2.31. The van der Waals surface area contributed by atoms with Crippen LogP contribution in [0, 0.1) is 0 Å². The van der Waals surface area contributed by atoms with Crippen molar-refractivity contribution in [2.24, 2.45) is 0 Å². The molecule has 180 valence electrons. The first-order valence-electron chi connectivity index (χ1n) is 24.4. The van der Waals surface area contributed by atoms with Gasteiger partial charge in [0.25, 0.3) is 0 Å². The predicted molar refractivity (Wildman–Crippen MR) is 164 cm³/mol. The number of hydrogen-bond donors (Lipinski definition) is 0. The van der Waals surface area contributed by atoms with Crippen LogP contribution in [0.15, 0.2) is 163 Å². The maximum Gasteiger partial charge on any atom is 0.179 e. The molecular formula is C36H27NSi. The Morgan fingerprint density at radius 1 is 0.395 bits per heavy atom. The molecule has 6 aromatic carbocycles. The van der Waals surface area contributed by atoms with Crippen LogP contribution in [-0.2, 0) is 0 Å². The number of nitrogens with zero attached hydrogens (tertiary/aromatic N) is 1. The van der Waals surface area contributed by atoms with E-state index in [1.807, 2.05) is 0 Å². The van der Waals surface area contributed by atoms with Crippen LogP contribution in [-0.4, -0.2) is 12.6 Å². The summed E-state index contributed by atoms with van der Waals surface area (Å²) in [5.74, 6) is 0. The van der Waals surface area contributed by atoms with E-state index in [9.17, 15) is 13.7 Å². The smallest absolute Gasteiger partial charge is 0.179 e. The topological polar surface area (TPSA) is 4.93 Å². The molecular weight excluding hydrogens is 474 g/mol. The van der Waals surface area contributed by atoms with Gasteiger partial charge in [-0.25, -0.2) is 0 Å². The Labute approximate surface area is 262 Å². The van der Waals surface area contributed by atoms with E-state index in [-0.39, 0.29) is 0 Å². The minimum atomic E-state index is -6.32. The van der Waals surface area contributed by atoms with Gasteiger partial charge in [-0.05, 0) is 44.9 Å². The largest absolute Gasteiger partial charge is 0.309 e. The van der Waals surface area contributed by atoms with Crippen molar-refractivity contribution in [1.82, 2.24) is 4.57 Å². The SMILES string of the molecule is [2H]c1c([2H])c([2H])c([Si](c2c([2H])c([2H])c([2H])c([2H])c2[2H])(c2c([2H])c([2H])c([2H])c([2H])c2[2H])c2c([2H])c([2H])c([2H])c(-n3c4c([2H])c([2H])c([2H])c([2H])c4c4c([2H])c([2H])c([2H])c([2H])c43)c2[2H])c([2H])c1[2H]. The predicted octanol–water partition coefficient (Wildman–Crippen LogP) is 6.16. The zero-order chi connectivity index (χ0) is 48.9. The molecule has 0 radical (unpaired) electrons. The molecule has 0 saturated carbocycles. The Morgan fingerprint density at radius 2 is 0.789 bits per heavy atom. The van der Waals surface area contributed by atoms with Gasteiger partial charge in [-0.2, -0.15) is 0 Å². The molecule has 1 nitrogen and oxygen atoms in total. The third-order valence-corrected chi connectivity index (χ3v) is 9.87. The minimum Gasteiger partial charge on any atom is -0.309 e. The molecule has 0 bridgehead atoms. The average Bonchev–Trinajstić information content (AvgIpc) is 3.62. The average molecular weight is 529 g/mol. The number of aromatic nitrogens is 1. The third kappa shape index (κ3) is 3.46. The summed E-state index contributed by atoms with van der Waals surface area (Å²) in [6, 6.07) is -30.2. The van der Waals surface area contributed by atoms with Gasteiger partial charge in [0.05, 0.1) is 48.0 Å². The lowest BCUT2D eigenvalue weighted by atomic mass is 10.2. The fraction of sp³-hybridized carbons (Fsp3) is 0. The fourth-order valence-electron chi connectivity index (χ4n) is 4.34. The van der Waals surface area contributed by atoms with Crippen molar-refractivity contribution >= 4 is 50.6 Å². The fourth-order valence-corrected chi connectivity index (χ4v) is 7.90. The highest BCUT2D eigenvalue weighted by molar-refractivity contribution is 7.19. The second-order valence-corrected chi connectivity index (χ2v) is 11.3. The molecule has 0 aliphatic carbocycles. The molecule has 0 aliphatic rings. The van der Waals surface area contributed by atoms with Crippen LogP contribution in [0.4, 0.5) is 0 Å². The molecule has 0 saturated heterocycles. The number of rotatable bonds is 5. The molecule has 0 unspecified atom stereocenters. The first kappa shape index (κ1) is 7.92. The maximum atomic E-state index is 10.1. The van der Waals surface area contributed by atoms with E-state index in [0.29, 0.717) is 4.57 Å². The minimum absolute atomic E-state index is 0.579. The van der Waals surface area contributed by atoms with Gasteiger partial charge in [-0.1, -0.05) is 139 Å². The van der Waals surface area contributed by atoms with E-state index >= 15 is 0 Å². The standard InChI is InChI=1S/C36H27NSi/c1-4-16-29(17-5-1)38(30-18-6-2-7-19-30,31-20-8-3-9-21-31)32-22-14-15-28(27-32)37-35-25-12-10-23-33(35)34-24-11-13-26-36(34)37/h1-27H/i1D,2D,3D,4D,5D,6D,7D,8D,9D,10D,11D,12D,13D,14D,15D,16D,17D,18D,19D,20D,21D,22D,23D,24D,25D,26D,27D. The Balaban J connectivity index is 1.99. The Morgan fingerprint density at radius 3 is 1.26 bits per heavy atom. The number of para-hydroxylation sites is 2. The lowest BCUT2D eigenvalue weighted by molar-refractivity contribution is 1.18. The molecule has 7 rings (SSSR count). The third-order valence-electron chi connectivity index (χ3n) is 5.87. The van der Waals surface area contributed by atoms with Crippen LogP contribution in [0.1, 0.15) is 37.0 Å². The molecule has 0 amide bonds. The summed E-state index contributed by atoms with van der Waals surface area (Å²) < 4.78 is 242. The highest BCUT2D eigenvalue weighted by atomic mass is 28.3. The zero-order valence-corrected chi connectivity index (χ0v) is 19.9.